The van der Waals surface area contributed by atoms with Gasteiger partial charge in [0.1, 0.15) is 0 Å². The highest BCUT2D eigenvalue weighted by atomic mass is 79.9. The summed E-state index contributed by atoms with van der Waals surface area (Å²) in [5.41, 5.74) is 3.16. The summed E-state index contributed by atoms with van der Waals surface area (Å²) < 4.78 is 1.07. The predicted octanol–water partition coefficient (Wildman–Crippen LogP) is 2.87. The fourth-order valence-corrected chi connectivity index (χ4v) is 2.37. The third kappa shape index (κ3) is 2.19. The second kappa shape index (κ2) is 4.42. The highest BCUT2D eigenvalue weighted by Crippen LogP contribution is 2.30. The van der Waals surface area contributed by atoms with Crippen LogP contribution in [0.4, 0.5) is 0 Å². The van der Waals surface area contributed by atoms with E-state index in [-0.39, 0.29) is 5.78 Å². The molecule has 84 valence electrons. The lowest BCUT2D eigenvalue weighted by Crippen LogP contribution is -2.15. The first-order chi connectivity index (χ1) is 7.58. The Morgan fingerprint density at radius 2 is 2.06 bits per heavy atom. The zero-order valence-corrected chi connectivity index (χ0v) is 11.0. The van der Waals surface area contributed by atoms with Crippen LogP contribution in [0.1, 0.15) is 17.5 Å². The molecule has 0 spiro atoms. The molecule has 2 nitrogen and oxygen atoms in total. The number of carbonyl (C=O) groups excluding carboxylic acids is 1. The molecule has 0 N–H and O–H groups in total. The number of aryl methyl sites for hydroxylation is 1. The van der Waals surface area contributed by atoms with Gasteiger partial charge in [-0.3, -0.25) is 4.79 Å². The van der Waals surface area contributed by atoms with Crippen molar-refractivity contribution in [2.24, 2.45) is 0 Å². The Morgan fingerprint density at radius 3 is 2.75 bits per heavy atom. The molecular weight excluding hydrogens is 266 g/mol. The topological polar surface area (TPSA) is 20.3 Å². The smallest absolute Gasteiger partial charge is 0.165 e. The zero-order chi connectivity index (χ0) is 11.7. The molecule has 1 aliphatic carbocycles. The van der Waals surface area contributed by atoms with Crippen molar-refractivity contribution in [1.82, 2.24) is 4.90 Å². The number of fused-ring (bicyclic) bond motifs is 1. The maximum Gasteiger partial charge on any atom is 0.165 e. The lowest BCUT2D eigenvalue weighted by Gasteiger charge is -2.19. The van der Waals surface area contributed by atoms with Crippen LogP contribution in [-0.2, 0) is 11.2 Å². The molecule has 0 aliphatic heterocycles. The van der Waals surface area contributed by atoms with Crippen LogP contribution in [0.5, 0.6) is 0 Å². The molecule has 16 heavy (non-hydrogen) atoms. The van der Waals surface area contributed by atoms with Crippen molar-refractivity contribution >= 4 is 27.3 Å². The van der Waals surface area contributed by atoms with Crippen molar-refractivity contribution in [1.29, 1.82) is 0 Å². The summed E-state index contributed by atoms with van der Waals surface area (Å²) in [6.07, 6.45) is 3.37. The van der Waals surface area contributed by atoms with E-state index in [0.29, 0.717) is 6.42 Å². The Labute approximate surface area is 104 Å². The van der Waals surface area contributed by atoms with Gasteiger partial charge in [0.25, 0.3) is 0 Å². The Morgan fingerprint density at radius 1 is 1.31 bits per heavy atom. The lowest BCUT2D eigenvalue weighted by molar-refractivity contribution is -0.113. The summed E-state index contributed by atoms with van der Waals surface area (Å²) in [5.74, 6) is 0.239. The van der Waals surface area contributed by atoms with Gasteiger partial charge >= 0.3 is 0 Å². The van der Waals surface area contributed by atoms with Crippen molar-refractivity contribution in [3.05, 3.63) is 40.0 Å². The number of hydrogen-bond acceptors (Lipinski definition) is 2. The van der Waals surface area contributed by atoms with Crippen LogP contribution in [0, 0.1) is 0 Å². The Kier molecular flexibility index (Phi) is 3.15. The first kappa shape index (κ1) is 11.4. The second-order valence-electron chi connectivity index (χ2n) is 4.23. The van der Waals surface area contributed by atoms with Crippen LogP contribution in [-0.4, -0.2) is 24.8 Å². The highest BCUT2D eigenvalue weighted by molar-refractivity contribution is 9.10. The normalized spacial score (nSPS) is 17.4. The van der Waals surface area contributed by atoms with Crippen LogP contribution in [0.2, 0.25) is 0 Å². The molecule has 0 unspecified atom stereocenters. The number of carbonyl (C=O) groups is 1. The fraction of sp³-hybridized carbons (Fsp3) is 0.308. The van der Waals surface area contributed by atoms with E-state index in [1.165, 1.54) is 5.56 Å². The molecule has 0 radical (unpaired) electrons. The van der Waals surface area contributed by atoms with Crippen molar-refractivity contribution in [3.8, 4) is 0 Å². The summed E-state index contributed by atoms with van der Waals surface area (Å²) in [5, 5.41) is 0. The van der Waals surface area contributed by atoms with Gasteiger partial charge in [0.05, 0.1) is 0 Å². The molecule has 1 aromatic rings. The molecule has 3 heteroatoms. The lowest BCUT2D eigenvalue weighted by atomic mass is 9.87. The first-order valence-electron chi connectivity index (χ1n) is 5.28. The van der Waals surface area contributed by atoms with Gasteiger partial charge in [-0.25, -0.2) is 0 Å². The minimum atomic E-state index is 0.239. The van der Waals surface area contributed by atoms with Crippen LogP contribution in [0.15, 0.2) is 28.9 Å². The zero-order valence-electron chi connectivity index (χ0n) is 9.46. The maximum atomic E-state index is 11.9. The van der Waals surface area contributed by atoms with E-state index in [1.54, 1.807) is 0 Å². The standard InChI is InChI=1S/C13H14BrNO/c1-15(2)8-12-11-5-4-10(14)7-9(11)3-6-13(12)16/h4-5,7-8H,3,6H2,1-2H3. The third-order valence-electron chi connectivity index (χ3n) is 2.67. The van der Waals surface area contributed by atoms with Crippen LogP contribution in [0.3, 0.4) is 0 Å². The summed E-state index contributed by atoms with van der Waals surface area (Å²) in [7, 11) is 3.88. The van der Waals surface area contributed by atoms with E-state index in [0.717, 1.165) is 22.0 Å². The number of halogens is 1. The summed E-state index contributed by atoms with van der Waals surface area (Å²) in [4.78, 5) is 13.8. The molecule has 1 aliphatic rings. The fourth-order valence-electron chi connectivity index (χ4n) is 1.96. The van der Waals surface area contributed by atoms with E-state index in [1.807, 2.05) is 37.3 Å². The summed E-state index contributed by atoms with van der Waals surface area (Å²) in [6.45, 7) is 0. The Hall–Kier alpha value is -1.09. The van der Waals surface area contributed by atoms with E-state index < -0.39 is 0 Å². The first-order valence-corrected chi connectivity index (χ1v) is 6.07. The van der Waals surface area contributed by atoms with Crippen LogP contribution in [0.25, 0.3) is 5.57 Å². The van der Waals surface area contributed by atoms with Gasteiger partial charge in [-0.15, -0.1) is 0 Å². The summed E-state index contributed by atoms with van der Waals surface area (Å²) >= 11 is 3.46. The Balaban J connectivity index is 2.52. The molecule has 0 aromatic heterocycles. The Bertz CT molecular complexity index is 463. The quantitative estimate of drug-likeness (QED) is 0.737. The summed E-state index contributed by atoms with van der Waals surface area (Å²) in [6, 6.07) is 6.11. The average Bonchev–Trinajstić information content (AvgIpc) is 2.22. The molecular formula is C13H14BrNO. The van der Waals surface area contributed by atoms with E-state index in [2.05, 4.69) is 22.0 Å². The van der Waals surface area contributed by atoms with E-state index in [9.17, 15) is 4.79 Å². The van der Waals surface area contributed by atoms with Crippen molar-refractivity contribution < 1.29 is 4.79 Å². The van der Waals surface area contributed by atoms with Gasteiger partial charge in [-0.1, -0.05) is 22.0 Å². The van der Waals surface area contributed by atoms with Crippen LogP contribution < -0.4 is 0 Å². The second-order valence-corrected chi connectivity index (χ2v) is 5.15. The number of allylic oxidation sites excluding steroid dienone is 1. The maximum absolute atomic E-state index is 11.9. The molecule has 0 saturated carbocycles. The van der Waals surface area contributed by atoms with Gasteiger partial charge in [0.15, 0.2) is 5.78 Å². The minimum absolute atomic E-state index is 0.239. The number of ketones is 1. The van der Waals surface area contributed by atoms with Gasteiger partial charge in [-0.2, -0.15) is 0 Å². The number of benzene rings is 1. The molecule has 0 amide bonds. The van der Waals surface area contributed by atoms with Gasteiger partial charge in [-0.05, 0) is 29.7 Å². The minimum Gasteiger partial charge on any atom is -0.383 e. The highest BCUT2D eigenvalue weighted by Gasteiger charge is 2.21. The molecule has 0 saturated heterocycles. The van der Waals surface area contributed by atoms with Crippen molar-refractivity contribution in [2.75, 3.05) is 14.1 Å². The molecule has 0 fully saturated rings. The average molecular weight is 280 g/mol. The van der Waals surface area contributed by atoms with Crippen molar-refractivity contribution in [2.45, 2.75) is 12.8 Å². The SMILES string of the molecule is CN(C)C=C1C(=O)CCc2cc(Br)ccc21. The number of nitrogens with zero attached hydrogens (tertiary/aromatic N) is 1. The number of rotatable bonds is 1. The monoisotopic (exact) mass is 279 g/mol. The largest absolute Gasteiger partial charge is 0.383 e. The van der Waals surface area contributed by atoms with Crippen LogP contribution >= 0.6 is 15.9 Å². The predicted molar refractivity (Wildman–Crippen MR) is 69.1 cm³/mol. The number of Topliss-reactive ketones (excluding diaryl/α,β-unsaturated/α-hetero) is 1. The molecule has 0 atom stereocenters. The van der Waals surface area contributed by atoms with E-state index >= 15 is 0 Å². The third-order valence-corrected chi connectivity index (χ3v) is 3.16. The van der Waals surface area contributed by atoms with Crippen molar-refractivity contribution in [3.63, 3.8) is 0 Å². The van der Waals surface area contributed by atoms with E-state index in [4.69, 9.17) is 0 Å². The molecule has 2 rings (SSSR count). The van der Waals surface area contributed by atoms with Gasteiger partial charge < -0.3 is 4.90 Å². The number of hydrogen-bond donors (Lipinski definition) is 0. The van der Waals surface area contributed by atoms with Gasteiger partial charge in [0, 0.05) is 36.8 Å². The molecule has 1 aromatic carbocycles. The van der Waals surface area contributed by atoms with Gasteiger partial charge in [0.2, 0.25) is 0 Å². The molecule has 0 bridgehead atoms. The molecule has 0 heterocycles.